The molecular weight excluding hydrogens is 366 g/mol. The fourth-order valence-corrected chi connectivity index (χ4v) is 5.59. The van der Waals surface area contributed by atoms with E-state index in [2.05, 4.69) is 50.9 Å². The summed E-state index contributed by atoms with van der Waals surface area (Å²) in [7, 11) is 2.16. The summed E-state index contributed by atoms with van der Waals surface area (Å²) < 4.78 is 0. The monoisotopic (exact) mass is 399 g/mol. The zero-order chi connectivity index (χ0) is 20.3. The molecule has 0 amide bonds. The molecule has 2 aromatic rings. The van der Waals surface area contributed by atoms with Gasteiger partial charge in [0.2, 0.25) is 0 Å². The first-order valence-electron chi connectivity index (χ1n) is 10.5. The highest BCUT2D eigenvalue weighted by Crippen LogP contribution is 2.45. The molecule has 1 aliphatic carbocycles. The molecule has 0 bridgehead atoms. The molecule has 152 valence electrons. The fourth-order valence-electron chi connectivity index (χ4n) is 4.22. The van der Waals surface area contributed by atoms with Gasteiger partial charge in [-0.3, -0.25) is 0 Å². The van der Waals surface area contributed by atoms with Gasteiger partial charge in [0, 0.05) is 16.3 Å². The number of benzene rings is 1. The van der Waals surface area contributed by atoms with E-state index < -0.39 is 5.97 Å². The van der Waals surface area contributed by atoms with E-state index in [-0.39, 0.29) is 5.41 Å². The summed E-state index contributed by atoms with van der Waals surface area (Å²) in [5.41, 5.74) is 4.12. The third-order valence-corrected chi connectivity index (χ3v) is 7.16. The van der Waals surface area contributed by atoms with Gasteiger partial charge < -0.3 is 10.0 Å². The van der Waals surface area contributed by atoms with E-state index in [0.29, 0.717) is 5.56 Å². The number of carboxylic acid groups (broad SMARTS) is 1. The van der Waals surface area contributed by atoms with Crippen molar-refractivity contribution in [3.63, 3.8) is 0 Å². The molecule has 0 radical (unpaired) electrons. The van der Waals surface area contributed by atoms with Gasteiger partial charge in [0.05, 0.1) is 5.56 Å². The van der Waals surface area contributed by atoms with Gasteiger partial charge in [-0.25, -0.2) is 4.79 Å². The summed E-state index contributed by atoms with van der Waals surface area (Å²) in [6.07, 6.45) is 6.66. The van der Waals surface area contributed by atoms with Gasteiger partial charge in [-0.05, 0) is 61.4 Å². The number of fused-ring (bicyclic) bond motifs is 1. The Morgan fingerprint density at radius 2 is 2.00 bits per heavy atom. The highest BCUT2D eigenvalue weighted by molar-refractivity contribution is 7.16. The topological polar surface area (TPSA) is 40.5 Å². The predicted octanol–water partition coefficient (Wildman–Crippen LogP) is 6.25. The lowest BCUT2D eigenvalue weighted by molar-refractivity contribution is 0.0696. The lowest BCUT2D eigenvalue weighted by Crippen LogP contribution is -2.22. The molecule has 3 rings (SSSR count). The quantitative estimate of drug-likeness (QED) is 0.533. The standard InChI is InChI=1S/C24H33NO2S/c1-5-6-9-14-25(4)16-17-10-7-8-11-18(17)22-21(23(26)27)19-15-24(2,3)13-12-20(19)28-22/h7-8,10-11H,5-6,9,12-16H2,1-4H3,(H,26,27). The number of carboxylic acids is 1. The maximum atomic E-state index is 12.2. The molecule has 1 N–H and O–H groups in total. The first-order valence-corrected chi connectivity index (χ1v) is 11.3. The molecule has 0 saturated heterocycles. The average molecular weight is 400 g/mol. The first kappa shape index (κ1) is 21.1. The number of unbranched alkanes of at least 4 members (excludes halogenated alkanes) is 2. The van der Waals surface area contributed by atoms with Crippen LogP contribution in [0.15, 0.2) is 24.3 Å². The molecule has 0 spiro atoms. The van der Waals surface area contributed by atoms with Gasteiger partial charge in [0.1, 0.15) is 0 Å². The minimum atomic E-state index is -0.781. The summed E-state index contributed by atoms with van der Waals surface area (Å²) in [6, 6.07) is 8.35. The molecule has 1 aromatic heterocycles. The Labute approximate surface area is 173 Å². The first-order chi connectivity index (χ1) is 13.3. The van der Waals surface area contributed by atoms with E-state index in [1.54, 1.807) is 11.3 Å². The lowest BCUT2D eigenvalue weighted by Gasteiger charge is -2.29. The van der Waals surface area contributed by atoms with Crippen LogP contribution in [0.25, 0.3) is 10.4 Å². The molecule has 1 heterocycles. The van der Waals surface area contributed by atoms with E-state index in [1.165, 1.54) is 29.7 Å². The largest absolute Gasteiger partial charge is 0.478 e. The second kappa shape index (κ2) is 8.79. The van der Waals surface area contributed by atoms with Gasteiger partial charge in [-0.15, -0.1) is 11.3 Å². The fraction of sp³-hybridized carbons (Fsp3) is 0.542. The summed E-state index contributed by atoms with van der Waals surface area (Å²) in [5, 5.41) is 10.1. The van der Waals surface area contributed by atoms with E-state index >= 15 is 0 Å². The molecule has 1 aliphatic rings. The summed E-state index contributed by atoms with van der Waals surface area (Å²) in [4.78, 5) is 16.8. The Balaban J connectivity index is 1.96. The average Bonchev–Trinajstić information content (AvgIpc) is 2.99. The van der Waals surface area contributed by atoms with Crippen LogP contribution in [-0.2, 0) is 19.4 Å². The number of thiophene rings is 1. The van der Waals surface area contributed by atoms with Crippen LogP contribution < -0.4 is 0 Å². The van der Waals surface area contributed by atoms with Crippen LogP contribution in [0.4, 0.5) is 0 Å². The van der Waals surface area contributed by atoms with Crippen molar-refractivity contribution >= 4 is 17.3 Å². The van der Waals surface area contributed by atoms with Crippen LogP contribution in [0.2, 0.25) is 0 Å². The van der Waals surface area contributed by atoms with E-state index in [1.807, 2.05) is 6.07 Å². The summed E-state index contributed by atoms with van der Waals surface area (Å²) in [6.45, 7) is 8.65. The van der Waals surface area contributed by atoms with Gasteiger partial charge in [-0.1, -0.05) is 57.9 Å². The van der Waals surface area contributed by atoms with E-state index in [4.69, 9.17) is 0 Å². The number of nitrogens with zero attached hydrogens (tertiary/aromatic N) is 1. The SMILES string of the molecule is CCCCCN(C)Cc1ccccc1-c1sc2c(c1C(=O)O)CC(C)(C)CC2. The lowest BCUT2D eigenvalue weighted by atomic mass is 9.76. The number of carbonyl (C=O) groups is 1. The van der Waals surface area contributed by atoms with Crippen molar-refractivity contribution in [3.8, 4) is 10.4 Å². The van der Waals surface area contributed by atoms with Crippen molar-refractivity contribution < 1.29 is 9.90 Å². The molecule has 0 aliphatic heterocycles. The van der Waals surface area contributed by atoms with Gasteiger partial charge in [0.25, 0.3) is 0 Å². The van der Waals surface area contributed by atoms with Crippen molar-refractivity contribution in [2.45, 2.75) is 65.8 Å². The molecular formula is C24H33NO2S. The highest BCUT2D eigenvalue weighted by Gasteiger charge is 2.33. The smallest absolute Gasteiger partial charge is 0.337 e. The molecule has 1 aromatic carbocycles. The molecule has 0 unspecified atom stereocenters. The van der Waals surface area contributed by atoms with Crippen LogP contribution in [0.5, 0.6) is 0 Å². The van der Waals surface area contributed by atoms with Crippen LogP contribution >= 0.6 is 11.3 Å². The molecule has 0 atom stereocenters. The van der Waals surface area contributed by atoms with Crippen LogP contribution in [0, 0.1) is 5.41 Å². The van der Waals surface area contributed by atoms with Crippen molar-refractivity contribution in [2.75, 3.05) is 13.6 Å². The van der Waals surface area contributed by atoms with Crippen molar-refractivity contribution in [3.05, 3.63) is 45.8 Å². The molecule has 3 nitrogen and oxygen atoms in total. The zero-order valence-corrected chi connectivity index (χ0v) is 18.5. The Bertz CT molecular complexity index is 837. The van der Waals surface area contributed by atoms with Crippen molar-refractivity contribution in [1.82, 2.24) is 4.90 Å². The van der Waals surface area contributed by atoms with Gasteiger partial charge >= 0.3 is 5.97 Å². The number of rotatable bonds is 8. The van der Waals surface area contributed by atoms with E-state index in [9.17, 15) is 9.90 Å². The van der Waals surface area contributed by atoms with Crippen molar-refractivity contribution in [1.29, 1.82) is 0 Å². The maximum Gasteiger partial charge on any atom is 0.337 e. The van der Waals surface area contributed by atoms with Crippen LogP contribution in [0.1, 0.15) is 72.8 Å². The third kappa shape index (κ3) is 4.66. The summed E-state index contributed by atoms with van der Waals surface area (Å²) in [5.74, 6) is -0.781. The number of hydrogen-bond acceptors (Lipinski definition) is 3. The molecule has 0 saturated carbocycles. The minimum Gasteiger partial charge on any atom is -0.478 e. The van der Waals surface area contributed by atoms with Gasteiger partial charge in [-0.2, -0.15) is 0 Å². The molecule has 4 heteroatoms. The third-order valence-electron chi connectivity index (χ3n) is 5.83. The second-order valence-corrected chi connectivity index (χ2v) is 10.1. The van der Waals surface area contributed by atoms with Crippen LogP contribution in [0.3, 0.4) is 0 Å². The Kier molecular flexibility index (Phi) is 6.61. The number of aromatic carboxylic acids is 1. The molecule has 28 heavy (non-hydrogen) atoms. The van der Waals surface area contributed by atoms with Crippen LogP contribution in [-0.4, -0.2) is 29.6 Å². The predicted molar refractivity (Wildman–Crippen MR) is 118 cm³/mol. The Hall–Kier alpha value is -1.65. The second-order valence-electron chi connectivity index (χ2n) is 8.96. The number of hydrogen-bond donors (Lipinski definition) is 1. The molecule has 0 fully saturated rings. The maximum absolute atomic E-state index is 12.2. The Morgan fingerprint density at radius 3 is 2.71 bits per heavy atom. The number of aryl methyl sites for hydroxylation is 1. The normalized spacial score (nSPS) is 15.6. The van der Waals surface area contributed by atoms with E-state index in [0.717, 1.165) is 48.4 Å². The minimum absolute atomic E-state index is 0.175. The summed E-state index contributed by atoms with van der Waals surface area (Å²) >= 11 is 1.71. The van der Waals surface area contributed by atoms with Crippen molar-refractivity contribution in [2.24, 2.45) is 5.41 Å². The van der Waals surface area contributed by atoms with Gasteiger partial charge in [0.15, 0.2) is 0 Å². The zero-order valence-electron chi connectivity index (χ0n) is 17.7. The Morgan fingerprint density at radius 1 is 1.25 bits per heavy atom. The highest BCUT2D eigenvalue weighted by atomic mass is 32.1.